The number of carbonyl (C=O) groups is 1. The highest BCUT2D eigenvalue weighted by atomic mass is 35.5. The van der Waals surface area contributed by atoms with Gasteiger partial charge in [-0.2, -0.15) is 0 Å². The van der Waals surface area contributed by atoms with Crippen LogP contribution < -0.4 is 9.64 Å². The molecule has 0 N–H and O–H groups in total. The quantitative estimate of drug-likeness (QED) is 0.831. The van der Waals surface area contributed by atoms with Gasteiger partial charge in [0.2, 0.25) is 0 Å². The molecule has 0 unspecified atom stereocenters. The van der Waals surface area contributed by atoms with Gasteiger partial charge in [-0.1, -0.05) is 23.7 Å². The van der Waals surface area contributed by atoms with Gasteiger partial charge in [-0.3, -0.25) is 4.79 Å². The Morgan fingerprint density at radius 3 is 2.55 bits per heavy atom. The molecule has 1 amide bonds. The largest absolute Gasteiger partial charge is 0.476 e. The monoisotopic (exact) mass is 319 g/mol. The van der Waals surface area contributed by atoms with Gasteiger partial charge in [0.1, 0.15) is 11.6 Å². The zero-order valence-electron chi connectivity index (χ0n) is 12.3. The van der Waals surface area contributed by atoms with Crippen LogP contribution in [0, 0.1) is 5.82 Å². The molecular formula is C17H15ClFNO2. The van der Waals surface area contributed by atoms with Crippen LogP contribution in [0.4, 0.5) is 10.1 Å². The molecule has 1 heterocycles. The van der Waals surface area contributed by atoms with Gasteiger partial charge in [-0.25, -0.2) is 4.39 Å². The minimum absolute atomic E-state index is 0.161. The van der Waals surface area contributed by atoms with Crippen LogP contribution in [0.2, 0.25) is 5.02 Å². The van der Waals surface area contributed by atoms with Crippen LogP contribution in [0.3, 0.4) is 0 Å². The summed E-state index contributed by atoms with van der Waals surface area (Å²) in [4.78, 5) is 14.3. The number of anilines is 1. The number of halogens is 2. The van der Waals surface area contributed by atoms with E-state index in [2.05, 4.69) is 0 Å². The Bertz CT molecular complexity index is 728. The van der Waals surface area contributed by atoms with E-state index >= 15 is 0 Å². The Balaban J connectivity index is 2.02. The number of benzene rings is 2. The maximum absolute atomic E-state index is 13.0. The molecule has 0 atom stereocenters. The van der Waals surface area contributed by atoms with Crippen LogP contribution in [0.1, 0.15) is 19.4 Å². The first-order valence-corrected chi connectivity index (χ1v) is 7.29. The molecule has 2 aromatic rings. The molecule has 0 fully saturated rings. The van der Waals surface area contributed by atoms with Gasteiger partial charge in [-0.15, -0.1) is 0 Å². The minimum atomic E-state index is -0.957. The molecule has 1 aliphatic heterocycles. The second kappa shape index (κ2) is 5.29. The highest BCUT2D eigenvalue weighted by Gasteiger charge is 2.40. The molecule has 0 saturated heterocycles. The molecule has 0 bridgehead atoms. The molecule has 1 aliphatic rings. The van der Waals surface area contributed by atoms with Crippen molar-refractivity contribution in [3.8, 4) is 5.75 Å². The van der Waals surface area contributed by atoms with Gasteiger partial charge in [0.05, 0.1) is 12.2 Å². The first kappa shape index (κ1) is 14.9. The lowest BCUT2D eigenvalue weighted by atomic mass is 10.0. The van der Waals surface area contributed by atoms with Crippen molar-refractivity contribution in [2.45, 2.75) is 26.0 Å². The number of hydrogen-bond donors (Lipinski definition) is 0. The van der Waals surface area contributed by atoms with E-state index in [1.165, 1.54) is 12.1 Å². The third-order valence-corrected chi connectivity index (χ3v) is 3.83. The van der Waals surface area contributed by atoms with E-state index in [-0.39, 0.29) is 11.7 Å². The molecule has 5 heteroatoms. The van der Waals surface area contributed by atoms with Crippen molar-refractivity contribution in [2.24, 2.45) is 0 Å². The van der Waals surface area contributed by atoms with Crippen molar-refractivity contribution >= 4 is 23.2 Å². The minimum Gasteiger partial charge on any atom is -0.476 e. The van der Waals surface area contributed by atoms with E-state index in [0.717, 1.165) is 5.56 Å². The third kappa shape index (κ3) is 2.66. The third-order valence-electron chi connectivity index (χ3n) is 3.59. The Kier molecular flexibility index (Phi) is 3.57. The molecule has 114 valence electrons. The Morgan fingerprint density at radius 2 is 1.86 bits per heavy atom. The van der Waals surface area contributed by atoms with Crippen LogP contribution in [-0.4, -0.2) is 11.5 Å². The SMILES string of the molecule is CC1(C)Oc2ccc(Cl)cc2N(Cc2ccc(F)cc2)C1=O. The number of hydrogen-bond acceptors (Lipinski definition) is 2. The summed E-state index contributed by atoms with van der Waals surface area (Å²) in [7, 11) is 0. The second-order valence-electron chi connectivity index (χ2n) is 5.74. The van der Waals surface area contributed by atoms with Gasteiger partial charge in [0.15, 0.2) is 5.60 Å². The molecule has 3 nitrogen and oxygen atoms in total. The van der Waals surface area contributed by atoms with Crippen molar-refractivity contribution in [3.63, 3.8) is 0 Å². The zero-order valence-corrected chi connectivity index (χ0v) is 13.0. The molecule has 0 aromatic heterocycles. The fourth-order valence-corrected chi connectivity index (χ4v) is 2.64. The van der Waals surface area contributed by atoms with E-state index in [0.29, 0.717) is 23.0 Å². The average molecular weight is 320 g/mol. The topological polar surface area (TPSA) is 29.5 Å². The predicted octanol–water partition coefficient (Wildman–Crippen LogP) is 4.18. The van der Waals surface area contributed by atoms with Crippen molar-refractivity contribution in [1.29, 1.82) is 0 Å². The zero-order chi connectivity index (χ0) is 15.9. The van der Waals surface area contributed by atoms with E-state index < -0.39 is 5.60 Å². The molecule has 0 spiro atoms. The Labute approximate surface area is 133 Å². The van der Waals surface area contributed by atoms with Crippen molar-refractivity contribution in [2.75, 3.05) is 4.90 Å². The van der Waals surface area contributed by atoms with Crippen molar-refractivity contribution in [3.05, 3.63) is 58.9 Å². The van der Waals surface area contributed by atoms with E-state index in [1.54, 1.807) is 49.1 Å². The van der Waals surface area contributed by atoms with Crippen molar-refractivity contribution in [1.82, 2.24) is 0 Å². The smallest absolute Gasteiger partial charge is 0.271 e. The highest BCUT2D eigenvalue weighted by Crippen LogP contribution is 2.40. The van der Waals surface area contributed by atoms with Crippen LogP contribution in [0.25, 0.3) is 0 Å². The first-order valence-electron chi connectivity index (χ1n) is 6.92. The summed E-state index contributed by atoms with van der Waals surface area (Å²) in [5.74, 6) is 0.142. The number of nitrogens with zero attached hydrogens (tertiary/aromatic N) is 1. The fraction of sp³-hybridized carbons (Fsp3) is 0.235. The summed E-state index contributed by atoms with van der Waals surface area (Å²) in [6.45, 7) is 3.79. The fourth-order valence-electron chi connectivity index (χ4n) is 2.47. The second-order valence-corrected chi connectivity index (χ2v) is 6.18. The molecule has 0 saturated carbocycles. The average Bonchev–Trinajstić information content (AvgIpc) is 2.47. The standard InChI is InChI=1S/C17H15ClFNO2/c1-17(2)16(21)20(10-11-3-6-13(19)7-4-11)14-9-12(18)5-8-15(14)22-17/h3-9H,10H2,1-2H3. The van der Waals surface area contributed by atoms with E-state index in [4.69, 9.17) is 16.3 Å². The van der Waals surface area contributed by atoms with Crippen LogP contribution in [-0.2, 0) is 11.3 Å². The summed E-state index contributed by atoms with van der Waals surface area (Å²) >= 11 is 6.04. The number of ether oxygens (including phenoxy) is 1. The Morgan fingerprint density at radius 1 is 1.18 bits per heavy atom. The summed E-state index contributed by atoms with van der Waals surface area (Å²) in [6.07, 6.45) is 0. The van der Waals surface area contributed by atoms with Crippen LogP contribution >= 0.6 is 11.6 Å². The molecule has 22 heavy (non-hydrogen) atoms. The van der Waals surface area contributed by atoms with Crippen LogP contribution in [0.5, 0.6) is 5.75 Å². The number of fused-ring (bicyclic) bond motifs is 1. The van der Waals surface area contributed by atoms with E-state index in [1.807, 2.05) is 0 Å². The lowest BCUT2D eigenvalue weighted by molar-refractivity contribution is -0.132. The highest BCUT2D eigenvalue weighted by molar-refractivity contribution is 6.31. The molecule has 2 aromatic carbocycles. The number of rotatable bonds is 2. The van der Waals surface area contributed by atoms with Gasteiger partial charge in [0, 0.05) is 5.02 Å². The van der Waals surface area contributed by atoms with Gasteiger partial charge in [0.25, 0.3) is 5.91 Å². The summed E-state index contributed by atoms with van der Waals surface area (Å²) in [5.41, 5.74) is 0.500. The lowest BCUT2D eigenvalue weighted by Gasteiger charge is -2.38. The molecule has 0 aliphatic carbocycles. The Hall–Kier alpha value is -2.07. The number of carbonyl (C=O) groups excluding carboxylic acids is 1. The molecular weight excluding hydrogens is 305 g/mol. The number of amides is 1. The summed E-state index contributed by atoms with van der Waals surface area (Å²) in [6, 6.07) is 11.3. The van der Waals surface area contributed by atoms with Gasteiger partial charge in [-0.05, 0) is 49.7 Å². The predicted molar refractivity (Wildman–Crippen MR) is 83.7 cm³/mol. The maximum atomic E-state index is 13.0. The first-order chi connectivity index (χ1) is 10.4. The molecule has 3 rings (SSSR count). The molecule has 0 radical (unpaired) electrons. The van der Waals surface area contributed by atoms with Crippen molar-refractivity contribution < 1.29 is 13.9 Å². The maximum Gasteiger partial charge on any atom is 0.271 e. The lowest BCUT2D eigenvalue weighted by Crippen LogP contribution is -2.52. The summed E-state index contributed by atoms with van der Waals surface area (Å²) < 4.78 is 18.8. The normalized spacial score (nSPS) is 16.2. The summed E-state index contributed by atoms with van der Waals surface area (Å²) in [5, 5.41) is 0.527. The van der Waals surface area contributed by atoms with Gasteiger partial charge >= 0.3 is 0 Å². The van der Waals surface area contributed by atoms with E-state index in [9.17, 15) is 9.18 Å². The van der Waals surface area contributed by atoms with Gasteiger partial charge < -0.3 is 9.64 Å². The van der Waals surface area contributed by atoms with Crippen LogP contribution in [0.15, 0.2) is 42.5 Å².